The number of unbranched alkanes of at least 4 members (excludes halogenated alkanes) is 13. The van der Waals surface area contributed by atoms with Crippen molar-refractivity contribution >= 4 is 25.7 Å². The second-order valence-electron chi connectivity index (χ2n) is 10.3. The molecule has 5 nitrogen and oxygen atoms in total. The molecule has 0 aliphatic rings. The Hall–Kier alpha value is 0.0769. The van der Waals surface area contributed by atoms with Gasteiger partial charge in [0.05, 0.1) is 6.61 Å². The van der Waals surface area contributed by atoms with Gasteiger partial charge in [0.1, 0.15) is 0 Å². The standard InChI is InChI=1S/C30H63NO4SSi/c1-6-10-12-14-15-16-17-18-20-21-24-29(31-5)28-35-37(33-8-3,34-9-4)27-23-26-36-30(32)25-22-19-13-11-7-2/h29,31H,6-28H2,1-5H3. The molecule has 0 aromatic carbocycles. The molecule has 37 heavy (non-hydrogen) atoms. The fourth-order valence-corrected chi connectivity index (χ4v) is 8.31. The van der Waals surface area contributed by atoms with Crippen LogP contribution in [0.2, 0.25) is 6.04 Å². The van der Waals surface area contributed by atoms with Gasteiger partial charge in [-0.1, -0.05) is 116 Å². The molecule has 0 fully saturated rings. The second kappa shape index (κ2) is 27.6. The summed E-state index contributed by atoms with van der Waals surface area (Å²) in [5.41, 5.74) is 0. The lowest BCUT2D eigenvalue weighted by molar-refractivity contribution is -0.111. The minimum atomic E-state index is -2.73. The van der Waals surface area contributed by atoms with Gasteiger partial charge in [0.15, 0.2) is 5.12 Å². The van der Waals surface area contributed by atoms with Crippen molar-refractivity contribution in [1.82, 2.24) is 5.32 Å². The molecule has 0 saturated heterocycles. The van der Waals surface area contributed by atoms with Crippen LogP contribution in [0, 0.1) is 0 Å². The summed E-state index contributed by atoms with van der Waals surface area (Å²) in [7, 11) is -0.704. The highest BCUT2D eigenvalue weighted by Gasteiger charge is 2.40. The maximum atomic E-state index is 12.2. The van der Waals surface area contributed by atoms with Gasteiger partial charge in [0.25, 0.3) is 0 Å². The maximum Gasteiger partial charge on any atom is 0.501 e. The Balaban J connectivity index is 4.28. The van der Waals surface area contributed by atoms with E-state index < -0.39 is 8.80 Å². The van der Waals surface area contributed by atoms with Crippen LogP contribution < -0.4 is 5.32 Å². The highest BCUT2D eigenvalue weighted by atomic mass is 32.2. The van der Waals surface area contributed by atoms with Gasteiger partial charge < -0.3 is 18.6 Å². The normalized spacial score (nSPS) is 12.8. The molecule has 7 heteroatoms. The Bertz CT molecular complexity index is 492. The summed E-state index contributed by atoms with van der Waals surface area (Å²) < 4.78 is 18.8. The lowest BCUT2D eigenvalue weighted by Crippen LogP contribution is -2.48. The van der Waals surface area contributed by atoms with E-state index in [0.717, 1.165) is 31.1 Å². The average Bonchev–Trinajstić information content (AvgIpc) is 2.89. The molecular formula is C30H63NO4SSi. The smallest absolute Gasteiger partial charge is 0.374 e. The van der Waals surface area contributed by atoms with E-state index in [1.54, 1.807) is 0 Å². The van der Waals surface area contributed by atoms with Gasteiger partial charge in [-0.2, -0.15) is 0 Å². The van der Waals surface area contributed by atoms with Crippen LogP contribution in [0.25, 0.3) is 0 Å². The third-order valence-electron chi connectivity index (χ3n) is 6.92. The third-order valence-corrected chi connectivity index (χ3v) is 11.0. The molecule has 1 N–H and O–H groups in total. The van der Waals surface area contributed by atoms with Crippen molar-refractivity contribution in [3.8, 4) is 0 Å². The van der Waals surface area contributed by atoms with Crippen LogP contribution in [0.1, 0.15) is 143 Å². The zero-order chi connectivity index (χ0) is 27.5. The number of nitrogens with one attached hydrogen (secondary N) is 1. The minimum Gasteiger partial charge on any atom is -0.374 e. The van der Waals surface area contributed by atoms with Crippen molar-refractivity contribution in [3.63, 3.8) is 0 Å². The van der Waals surface area contributed by atoms with Crippen LogP contribution in [-0.4, -0.2) is 52.6 Å². The fourth-order valence-electron chi connectivity index (χ4n) is 4.62. The number of hydrogen-bond acceptors (Lipinski definition) is 6. The fraction of sp³-hybridized carbons (Fsp3) is 0.967. The van der Waals surface area contributed by atoms with Crippen LogP contribution in [-0.2, 0) is 18.1 Å². The molecule has 0 amide bonds. The SMILES string of the molecule is CCCCCCCCCCCCC(CO[Si](CCCSC(=O)CCCCCCC)(OCC)OCC)NC. The van der Waals surface area contributed by atoms with Crippen molar-refractivity contribution in [2.45, 2.75) is 155 Å². The minimum absolute atomic E-state index is 0.323. The molecular weight excluding hydrogens is 498 g/mol. The molecule has 0 radical (unpaired) electrons. The van der Waals surface area contributed by atoms with Crippen molar-refractivity contribution in [1.29, 1.82) is 0 Å². The zero-order valence-corrected chi connectivity index (χ0v) is 27.2. The van der Waals surface area contributed by atoms with Gasteiger partial charge in [-0.25, -0.2) is 0 Å². The number of carbonyl (C=O) groups is 1. The molecule has 0 spiro atoms. The molecule has 1 atom stereocenters. The monoisotopic (exact) mass is 561 g/mol. The number of thioether (sulfide) groups is 1. The van der Waals surface area contributed by atoms with Crippen LogP contribution in [0.5, 0.6) is 0 Å². The van der Waals surface area contributed by atoms with Crippen molar-refractivity contribution in [3.05, 3.63) is 0 Å². The molecule has 0 aromatic heterocycles. The van der Waals surface area contributed by atoms with Crippen LogP contribution in [0.4, 0.5) is 0 Å². The summed E-state index contributed by atoms with van der Waals surface area (Å²) in [4.78, 5) is 12.2. The summed E-state index contributed by atoms with van der Waals surface area (Å²) in [5.74, 6) is 0.820. The lowest BCUT2D eigenvalue weighted by Gasteiger charge is -2.30. The van der Waals surface area contributed by atoms with E-state index in [-0.39, 0.29) is 0 Å². The molecule has 0 rings (SSSR count). The second-order valence-corrected chi connectivity index (χ2v) is 14.2. The van der Waals surface area contributed by atoms with Gasteiger partial charge >= 0.3 is 8.80 Å². The summed E-state index contributed by atoms with van der Waals surface area (Å²) >= 11 is 1.47. The zero-order valence-electron chi connectivity index (χ0n) is 25.4. The predicted octanol–water partition coefficient (Wildman–Crippen LogP) is 8.92. The Morgan fingerprint density at radius 2 is 1.22 bits per heavy atom. The highest BCUT2D eigenvalue weighted by molar-refractivity contribution is 8.13. The lowest BCUT2D eigenvalue weighted by atomic mass is 10.0. The van der Waals surface area contributed by atoms with E-state index >= 15 is 0 Å². The third kappa shape index (κ3) is 22.6. The van der Waals surface area contributed by atoms with Crippen LogP contribution >= 0.6 is 11.8 Å². The summed E-state index contributed by atoms with van der Waals surface area (Å²) in [6, 6.07) is 1.10. The largest absolute Gasteiger partial charge is 0.501 e. The topological polar surface area (TPSA) is 56.8 Å². The van der Waals surface area contributed by atoms with Gasteiger partial charge in [0, 0.05) is 37.5 Å². The number of likely N-dealkylation sites (N-methyl/N-ethyl adjacent to an activating group) is 1. The Kier molecular flexibility index (Phi) is 27.7. The summed E-state index contributed by atoms with van der Waals surface area (Å²) in [6.45, 7) is 10.3. The van der Waals surface area contributed by atoms with E-state index in [4.69, 9.17) is 13.3 Å². The molecule has 0 aliphatic carbocycles. The van der Waals surface area contributed by atoms with E-state index in [2.05, 4.69) is 19.2 Å². The highest BCUT2D eigenvalue weighted by Crippen LogP contribution is 2.22. The molecule has 1 unspecified atom stereocenters. The first-order chi connectivity index (χ1) is 18.1. The van der Waals surface area contributed by atoms with Gasteiger partial charge in [-0.3, -0.25) is 4.79 Å². The Labute approximate surface area is 236 Å². The first kappa shape index (κ1) is 37.1. The van der Waals surface area contributed by atoms with Crippen LogP contribution in [0.15, 0.2) is 0 Å². The molecule has 222 valence electrons. The van der Waals surface area contributed by atoms with Gasteiger partial charge in [-0.05, 0) is 40.2 Å². The molecule has 0 saturated carbocycles. The first-order valence-corrected chi connectivity index (χ1v) is 18.7. The van der Waals surface area contributed by atoms with Crippen molar-refractivity contribution in [2.24, 2.45) is 0 Å². The molecule has 0 aromatic rings. The van der Waals surface area contributed by atoms with E-state index in [9.17, 15) is 4.79 Å². The molecule has 0 heterocycles. The summed E-state index contributed by atoms with van der Waals surface area (Å²) in [6.07, 6.45) is 22.3. The van der Waals surface area contributed by atoms with Gasteiger partial charge in [0.2, 0.25) is 0 Å². The maximum absolute atomic E-state index is 12.2. The quantitative estimate of drug-likeness (QED) is 0.0726. The number of rotatable bonds is 29. The van der Waals surface area contributed by atoms with Gasteiger partial charge in [-0.15, -0.1) is 0 Å². The summed E-state index contributed by atoms with van der Waals surface area (Å²) in [5, 5.41) is 3.76. The Morgan fingerprint density at radius 3 is 1.73 bits per heavy atom. The predicted molar refractivity (Wildman–Crippen MR) is 165 cm³/mol. The number of carbonyl (C=O) groups excluding carboxylic acids is 1. The first-order valence-electron chi connectivity index (χ1n) is 15.8. The van der Waals surface area contributed by atoms with E-state index in [1.807, 2.05) is 20.9 Å². The Morgan fingerprint density at radius 1 is 0.703 bits per heavy atom. The average molecular weight is 562 g/mol. The molecule has 0 bridgehead atoms. The molecule has 0 aliphatic heterocycles. The van der Waals surface area contributed by atoms with Crippen molar-refractivity contribution in [2.75, 3.05) is 32.6 Å². The van der Waals surface area contributed by atoms with E-state index in [1.165, 1.54) is 102 Å². The van der Waals surface area contributed by atoms with Crippen LogP contribution in [0.3, 0.4) is 0 Å². The van der Waals surface area contributed by atoms with Crippen molar-refractivity contribution < 1.29 is 18.1 Å². The van der Waals surface area contributed by atoms with E-state index in [0.29, 0.717) is 37.4 Å². The number of hydrogen-bond donors (Lipinski definition) is 1.